The lowest BCUT2D eigenvalue weighted by molar-refractivity contribution is -0.301. The zero-order chi connectivity index (χ0) is 8.97. The van der Waals surface area contributed by atoms with Crippen LogP contribution in [0.25, 0.3) is 6.08 Å². The molecule has 0 aliphatic carbocycles. The summed E-state index contributed by atoms with van der Waals surface area (Å²) < 4.78 is 12.4. The lowest BCUT2D eigenvalue weighted by Crippen LogP contribution is -2.22. The second-order valence-electron chi connectivity index (χ2n) is 2.19. The van der Waals surface area contributed by atoms with Gasteiger partial charge >= 0.3 is 0 Å². The fourth-order valence-corrected chi connectivity index (χ4v) is 0.755. The van der Waals surface area contributed by atoms with Crippen LogP contribution in [0.5, 0.6) is 0 Å². The van der Waals surface area contributed by atoms with E-state index in [1.807, 2.05) is 0 Å². The summed E-state index contributed by atoms with van der Waals surface area (Å²) in [6, 6.07) is 8.34. The van der Waals surface area contributed by atoms with Gasteiger partial charge in [0.25, 0.3) is 0 Å². The van der Waals surface area contributed by atoms with E-state index in [0.29, 0.717) is 5.56 Å². The van der Waals surface area contributed by atoms with E-state index >= 15 is 0 Å². The molecule has 0 atom stereocenters. The minimum absolute atomic E-state index is 0. The molecular weight excluding hydrogens is 173 g/mol. The topological polar surface area (TPSA) is 76.6 Å². The standard InChI is InChI=1S/C9H7FO2.H3N/c10-8(9(11)12)6-7-4-2-1-3-5-7;/h1-6H,(H,11,12);1H3. The van der Waals surface area contributed by atoms with Gasteiger partial charge in [0.2, 0.25) is 0 Å². The van der Waals surface area contributed by atoms with Crippen molar-refractivity contribution in [1.82, 2.24) is 6.15 Å². The molecule has 0 bridgehead atoms. The Morgan fingerprint density at radius 3 is 2.31 bits per heavy atom. The van der Waals surface area contributed by atoms with Crippen molar-refractivity contribution in [3.63, 3.8) is 0 Å². The quantitative estimate of drug-likeness (QED) is 0.697. The average molecular weight is 183 g/mol. The molecule has 1 aromatic rings. The monoisotopic (exact) mass is 183 g/mol. The van der Waals surface area contributed by atoms with Crippen LogP contribution in [0.1, 0.15) is 5.56 Å². The molecule has 0 spiro atoms. The summed E-state index contributed by atoms with van der Waals surface area (Å²) in [5, 5.41) is 9.95. The second kappa shape index (κ2) is 5.05. The molecule has 13 heavy (non-hydrogen) atoms. The Hall–Kier alpha value is -1.68. The SMILES string of the molecule is O=C([O-])C(F)=Cc1ccccc1.[NH4+]. The Morgan fingerprint density at radius 2 is 1.85 bits per heavy atom. The highest BCUT2D eigenvalue weighted by atomic mass is 19.1. The van der Waals surface area contributed by atoms with Gasteiger partial charge in [-0.3, -0.25) is 0 Å². The number of hydrogen-bond donors (Lipinski definition) is 1. The van der Waals surface area contributed by atoms with Crippen molar-refractivity contribution >= 4 is 12.0 Å². The van der Waals surface area contributed by atoms with Crippen molar-refractivity contribution in [1.29, 1.82) is 0 Å². The molecule has 0 saturated carbocycles. The number of benzene rings is 1. The van der Waals surface area contributed by atoms with Crippen LogP contribution in [0.3, 0.4) is 0 Å². The van der Waals surface area contributed by atoms with E-state index < -0.39 is 11.8 Å². The molecule has 4 N–H and O–H groups in total. The average Bonchev–Trinajstić information content (AvgIpc) is 2.06. The van der Waals surface area contributed by atoms with Crippen molar-refractivity contribution in [2.45, 2.75) is 0 Å². The molecule has 0 amide bonds. The molecule has 0 saturated heterocycles. The van der Waals surface area contributed by atoms with Gasteiger partial charge < -0.3 is 16.1 Å². The number of aliphatic carboxylic acids is 1. The van der Waals surface area contributed by atoms with Gasteiger partial charge in [-0.15, -0.1) is 0 Å². The predicted molar refractivity (Wildman–Crippen MR) is 46.5 cm³/mol. The Bertz CT molecular complexity index is 309. The lowest BCUT2D eigenvalue weighted by Gasteiger charge is -1.96. The number of carboxylic acid groups (broad SMARTS) is 1. The molecule has 1 rings (SSSR count). The van der Waals surface area contributed by atoms with Crippen LogP contribution < -0.4 is 11.3 Å². The van der Waals surface area contributed by atoms with Gasteiger partial charge in [-0.05, 0) is 11.6 Å². The number of quaternary nitrogens is 1. The molecule has 0 aliphatic heterocycles. The zero-order valence-corrected chi connectivity index (χ0v) is 7.16. The minimum Gasteiger partial charge on any atom is -0.542 e. The van der Waals surface area contributed by atoms with E-state index in [9.17, 15) is 14.3 Å². The van der Waals surface area contributed by atoms with Crippen LogP contribution in [-0.2, 0) is 4.79 Å². The highest BCUT2D eigenvalue weighted by molar-refractivity contribution is 5.87. The van der Waals surface area contributed by atoms with Crippen molar-refractivity contribution in [2.24, 2.45) is 0 Å². The van der Waals surface area contributed by atoms with Crippen molar-refractivity contribution in [2.75, 3.05) is 0 Å². The number of rotatable bonds is 2. The van der Waals surface area contributed by atoms with Gasteiger partial charge in [-0.1, -0.05) is 30.3 Å². The summed E-state index contributed by atoms with van der Waals surface area (Å²) in [4.78, 5) is 9.95. The van der Waals surface area contributed by atoms with Crippen LogP contribution in [0.4, 0.5) is 4.39 Å². The molecular formula is C9H10FNO2. The first-order valence-electron chi connectivity index (χ1n) is 3.34. The van der Waals surface area contributed by atoms with Crippen LogP contribution in [-0.4, -0.2) is 5.97 Å². The van der Waals surface area contributed by atoms with Gasteiger partial charge in [-0.25, -0.2) is 4.39 Å². The summed E-state index contributed by atoms with van der Waals surface area (Å²) >= 11 is 0. The lowest BCUT2D eigenvalue weighted by atomic mass is 10.2. The first kappa shape index (κ1) is 11.3. The Balaban J connectivity index is 0.00000144. The van der Waals surface area contributed by atoms with E-state index in [1.165, 1.54) is 0 Å². The Labute approximate surface area is 75.1 Å². The summed E-state index contributed by atoms with van der Waals surface area (Å²) in [7, 11) is 0. The zero-order valence-electron chi connectivity index (χ0n) is 7.16. The molecule has 70 valence electrons. The summed E-state index contributed by atoms with van der Waals surface area (Å²) in [5.41, 5.74) is 0.499. The molecule has 0 unspecified atom stereocenters. The maximum absolute atomic E-state index is 12.4. The Kier molecular flexibility index (Phi) is 4.40. The summed E-state index contributed by atoms with van der Waals surface area (Å²) in [6.07, 6.45) is 0.912. The van der Waals surface area contributed by atoms with E-state index in [1.54, 1.807) is 30.3 Å². The largest absolute Gasteiger partial charge is 0.542 e. The maximum atomic E-state index is 12.4. The smallest absolute Gasteiger partial charge is 0.146 e. The minimum atomic E-state index is -1.79. The fourth-order valence-electron chi connectivity index (χ4n) is 0.755. The molecule has 0 aromatic heterocycles. The number of carbonyl (C=O) groups excluding carboxylic acids is 1. The van der Waals surface area contributed by atoms with Crippen molar-refractivity contribution in [3.05, 3.63) is 41.7 Å². The van der Waals surface area contributed by atoms with Gasteiger partial charge in [-0.2, -0.15) is 0 Å². The number of carboxylic acids is 1. The molecule has 0 aliphatic rings. The first-order chi connectivity index (χ1) is 5.70. The molecule has 0 heterocycles. The van der Waals surface area contributed by atoms with E-state index in [2.05, 4.69) is 0 Å². The summed E-state index contributed by atoms with van der Waals surface area (Å²) in [6.45, 7) is 0. The highest BCUT2D eigenvalue weighted by Crippen LogP contribution is 2.06. The molecule has 4 heteroatoms. The normalized spacial score (nSPS) is 10.4. The molecule has 0 radical (unpaired) electrons. The second-order valence-corrected chi connectivity index (χ2v) is 2.19. The summed E-state index contributed by atoms with van der Waals surface area (Å²) in [5.74, 6) is -3.06. The third-order valence-electron chi connectivity index (χ3n) is 1.29. The van der Waals surface area contributed by atoms with Gasteiger partial charge in [0.1, 0.15) is 11.8 Å². The number of halogens is 1. The third-order valence-corrected chi connectivity index (χ3v) is 1.29. The maximum Gasteiger partial charge on any atom is 0.146 e. The number of hydrogen-bond acceptors (Lipinski definition) is 2. The van der Waals surface area contributed by atoms with Crippen LogP contribution in [0.15, 0.2) is 36.2 Å². The predicted octanol–water partition coefficient (Wildman–Crippen LogP) is 1.12. The van der Waals surface area contributed by atoms with Gasteiger partial charge in [0.15, 0.2) is 0 Å². The fraction of sp³-hybridized carbons (Fsp3) is 0. The molecule has 1 aromatic carbocycles. The third kappa shape index (κ3) is 3.48. The Morgan fingerprint density at radius 1 is 1.31 bits per heavy atom. The van der Waals surface area contributed by atoms with Crippen LogP contribution in [0.2, 0.25) is 0 Å². The van der Waals surface area contributed by atoms with Crippen molar-refractivity contribution in [3.8, 4) is 0 Å². The van der Waals surface area contributed by atoms with E-state index in [4.69, 9.17) is 0 Å². The number of carbonyl (C=O) groups is 1. The van der Waals surface area contributed by atoms with E-state index in [-0.39, 0.29) is 6.15 Å². The molecule has 0 fully saturated rings. The first-order valence-corrected chi connectivity index (χ1v) is 3.34. The van der Waals surface area contributed by atoms with Crippen LogP contribution in [0, 0.1) is 0 Å². The molecule has 3 nitrogen and oxygen atoms in total. The van der Waals surface area contributed by atoms with Crippen LogP contribution >= 0.6 is 0 Å². The highest BCUT2D eigenvalue weighted by Gasteiger charge is 1.94. The van der Waals surface area contributed by atoms with Crippen molar-refractivity contribution < 1.29 is 14.3 Å². The van der Waals surface area contributed by atoms with Gasteiger partial charge in [0.05, 0.1) is 0 Å². The van der Waals surface area contributed by atoms with E-state index in [0.717, 1.165) is 6.08 Å². The van der Waals surface area contributed by atoms with Gasteiger partial charge in [0, 0.05) is 0 Å².